The standard InChI is InChI=1S/C25H28N8O/c1-17-12-18(2)23(19(3)13-17)30-22(34)15-33-25-20(14-29-33)24(27-16-28-25)32-10-8-31(9-11-32)21-6-4-5-7-26-21/h4-7,12-14,16H,8-11,15H2,1-3H3,(H,30,34). The lowest BCUT2D eigenvalue weighted by Gasteiger charge is -2.36. The fourth-order valence-corrected chi connectivity index (χ4v) is 4.63. The predicted octanol–water partition coefficient (Wildman–Crippen LogP) is 3.11. The highest BCUT2D eigenvalue weighted by Crippen LogP contribution is 2.25. The lowest BCUT2D eigenvalue weighted by molar-refractivity contribution is -0.116. The number of carbonyl (C=O) groups excluding carboxylic acids is 1. The molecule has 34 heavy (non-hydrogen) atoms. The molecule has 0 atom stereocenters. The summed E-state index contributed by atoms with van der Waals surface area (Å²) in [5.74, 6) is 1.71. The summed E-state index contributed by atoms with van der Waals surface area (Å²) in [6.45, 7) is 9.50. The second-order valence-electron chi connectivity index (χ2n) is 8.72. The van der Waals surface area contributed by atoms with Gasteiger partial charge in [0.05, 0.1) is 11.6 Å². The lowest BCUT2D eigenvalue weighted by Crippen LogP contribution is -2.47. The van der Waals surface area contributed by atoms with Gasteiger partial charge in [-0.15, -0.1) is 0 Å². The van der Waals surface area contributed by atoms with E-state index in [4.69, 9.17) is 0 Å². The number of amides is 1. The Morgan fingerprint density at radius 2 is 1.71 bits per heavy atom. The third-order valence-electron chi connectivity index (χ3n) is 6.20. The van der Waals surface area contributed by atoms with Gasteiger partial charge < -0.3 is 15.1 Å². The van der Waals surface area contributed by atoms with Crippen LogP contribution in [0.15, 0.2) is 49.1 Å². The van der Waals surface area contributed by atoms with Crippen LogP contribution in [0.3, 0.4) is 0 Å². The van der Waals surface area contributed by atoms with Gasteiger partial charge in [-0.3, -0.25) is 4.79 Å². The van der Waals surface area contributed by atoms with Gasteiger partial charge in [-0.2, -0.15) is 5.10 Å². The van der Waals surface area contributed by atoms with E-state index in [1.807, 2.05) is 38.2 Å². The predicted molar refractivity (Wildman–Crippen MR) is 133 cm³/mol. The molecule has 1 aliphatic heterocycles. The number of aryl methyl sites for hydroxylation is 3. The number of pyridine rings is 1. The first-order valence-corrected chi connectivity index (χ1v) is 11.4. The van der Waals surface area contributed by atoms with E-state index in [9.17, 15) is 4.79 Å². The van der Waals surface area contributed by atoms with Crippen molar-refractivity contribution in [2.75, 3.05) is 41.3 Å². The van der Waals surface area contributed by atoms with E-state index in [1.54, 1.807) is 17.2 Å². The first-order valence-electron chi connectivity index (χ1n) is 11.4. The number of carbonyl (C=O) groups is 1. The largest absolute Gasteiger partial charge is 0.353 e. The Labute approximate surface area is 198 Å². The molecule has 174 valence electrons. The number of aromatic nitrogens is 5. The highest BCUT2D eigenvalue weighted by Gasteiger charge is 2.22. The maximum absolute atomic E-state index is 12.8. The summed E-state index contributed by atoms with van der Waals surface area (Å²) >= 11 is 0. The average molecular weight is 457 g/mol. The minimum absolute atomic E-state index is 0.0835. The van der Waals surface area contributed by atoms with Crippen molar-refractivity contribution < 1.29 is 4.79 Å². The van der Waals surface area contributed by atoms with E-state index >= 15 is 0 Å². The minimum atomic E-state index is -0.135. The Kier molecular flexibility index (Phi) is 5.83. The van der Waals surface area contributed by atoms with Gasteiger partial charge in [0.2, 0.25) is 5.91 Å². The van der Waals surface area contributed by atoms with Crippen LogP contribution in [-0.2, 0) is 11.3 Å². The van der Waals surface area contributed by atoms with Gasteiger partial charge in [-0.05, 0) is 44.0 Å². The molecule has 1 fully saturated rings. The zero-order chi connectivity index (χ0) is 23.7. The van der Waals surface area contributed by atoms with E-state index in [0.717, 1.165) is 60.0 Å². The Morgan fingerprint density at radius 1 is 0.971 bits per heavy atom. The van der Waals surface area contributed by atoms with E-state index in [1.165, 1.54) is 5.56 Å². The fourth-order valence-electron chi connectivity index (χ4n) is 4.63. The lowest BCUT2D eigenvalue weighted by atomic mass is 10.1. The number of nitrogens with zero attached hydrogens (tertiary/aromatic N) is 7. The van der Waals surface area contributed by atoms with Crippen LogP contribution < -0.4 is 15.1 Å². The molecule has 1 saturated heterocycles. The highest BCUT2D eigenvalue weighted by molar-refractivity contribution is 5.94. The monoisotopic (exact) mass is 456 g/mol. The van der Waals surface area contributed by atoms with E-state index in [2.05, 4.69) is 54.2 Å². The summed E-state index contributed by atoms with van der Waals surface area (Å²) in [7, 11) is 0. The molecule has 5 rings (SSSR count). The first-order chi connectivity index (χ1) is 16.5. The maximum Gasteiger partial charge on any atom is 0.246 e. The van der Waals surface area contributed by atoms with Gasteiger partial charge in [0.25, 0.3) is 0 Å². The number of rotatable bonds is 5. The topological polar surface area (TPSA) is 92.1 Å². The number of nitrogens with one attached hydrogen (secondary N) is 1. The smallest absolute Gasteiger partial charge is 0.246 e. The molecular weight excluding hydrogens is 428 g/mol. The molecule has 0 aliphatic carbocycles. The van der Waals surface area contributed by atoms with Crippen molar-refractivity contribution in [3.8, 4) is 0 Å². The van der Waals surface area contributed by atoms with Crippen molar-refractivity contribution in [2.45, 2.75) is 27.3 Å². The summed E-state index contributed by atoms with van der Waals surface area (Å²) in [4.78, 5) is 30.8. The van der Waals surface area contributed by atoms with Crippen LogP contribution in [0.1, 0.15) is 16.7 Å². The number of hydrogen-bond acceptors (Lipinski definition) is 7. The van der Waals surface area contributed by atoms with Gasteiger partial charge in [0, 0.05) is 38.1 Å². The first kappa shape index (κ1) is 21.8. The molecular formula is C25H28N8O. The number of benzene rings is 1. The Balaban J connectivity index is 1.31. The molecule has 1 amide bonds. The number of hydrogen-bond donors (Lipinski definition) is 1. The summed E-state index contributed by atoms with van der Waals surface area (Å²) in [5.41, 5.74) is 4.78. The third-order valence-corrected chi connectivity index (χ3v) is 6.20. The second-order valence-corrected chi connectivity index (χ2v) is 8.72. The normalized spacial score (nSPS) is 14.0. The molecule has 0 unspecified atom stereocenters. The number of anilines is 3. The van der Waals surface area contributed by atoms with Crippen LogP contribution in [0.25, 0.3) is 11.0 Å². The molecule has 1 aromatic carbocycles. The van der Waals surface area contributed by atoms with Crippen LogP contribution in [0, 0.1) is 20.8 Å². The minimum Gasteiger partial charge on any atom is -0.353 e. The van der Waals surface area contributed by atoms with Crippen molar-refractivity contribution >= 4 is 34.3 Å². The summed E-state index contributed by atoms with van der Waals surface area (Å²) in [6, 6.07) is 10.1. The third kappa shape index (κ3) is 4.28. The molecule has 4 aromatic rings. The summed E-state index contributed by atoms with van der Waals surface area (Å²) in [5, 5.41) is 8.35. The molecule has 0 radical (unpaired) electrons. The van der Waals surface area contributed by atoms with Crippen LogP contribution >= 0.6 is 0 Å². The molecule has 1 aliphatic rings. The quantitative estimate of drug-likeness (QED) is 0.493. The van der Waals surface area contributed by atoms with E-state index in [0.29, 0.717) is 5.65 Å². The van der Waals surface area contributed by atoms with Gasteiger partial charge in [-0.1, -0.05) is 23.8 Å². The van der Waals surface area contributed by atoms with Gasteiger partial charge >= 0.3 is 0 Å². The highest BCUT2D eigenvalue weighted by atomic mass is 16.2. The fraction of sp³-hybridized carbons (Fsp3) is 0.320. The van der Waals surface area contributed by atoms with Crippen molar-refractivity contribution in [3.63, 3.8) is 0 Å². The molecule has 9 heteroatoms. The molecule has 3 aromatic heterocycles. The summed E-state index contributed by atoms with van der Waals surface area (Å²) in [6.07, 6.45) is 5.13. The van der Waals surface area contributed by atoms with Crippen molar-refractivity contribution in [1.82, 2.24) is 24.7 Å². The molecule has 9 nitrogen and oxygen atoms in total. The zero-order valence-electron chi connectivity index (χ0n) is 19.7. The Morgan fingerprint density at radius 3 is 2.41 bits per heavy atom. The Hall–Kier alpha value is -4.01. The van der Waals surface area contributed by atoms with Crippen LogP contribution in [0.2, 0.25) is 0 Å². The summed E-state index contributed by atoms with van der Waals surface area (Å²) < 4.78 is 1.64. The zero-order valence-corrected chi connectivity index (χ0v) is 19.7. The van der Waals surface area contributed by atoms with Crippen molar-refractivity contribution in [2.24, 2.45) is 0 Å². The molecule has 0 bridgehead atoms. The van der Waals surface area contributed by atoms with Gasteiger partial charge in [0.1, 0.15) is 24.5 Å². The molecule has 0 saturated carbocycles. The SMILES string of the molecule is Cc1cc(C)c(NC(=O)Cn2ncc3c(N4CCN(c5ccccn5)CC4)ncnc32)c(C)c1. The maximum atomic E-state index is 12.8. The second kappa shape index (κ2) is 9.09. The van der Waals surface area contributed by atoms with Crippen molar-refractivity contribution in [1.29, 1.82) is 0 Å². The van der Waals surface area contributed by atoms with E-state index < -0.39 is 0 Å². The average Bonchev–Trinajstić information content (AvgIpc) is 3.25. The molecule has 4 heterocycles. The van der Waals surface area contributed by atoms with Crippen molar-refractivity contribution in [3.05, 3.63) is 65.7 Å². The van der Waals surface area contributed by atoms with Crippen LogP contribution in [-0.4, -0.2) is 56.8 Å². The van der Waals surface area contributed by atoms with Gasteiger partial charge in [-0.25, -0.2) is 19.6 Å². The molecule has 1 N–H and O–H groups in total. The Bertz CT molecular complexity index is 1300. The van der Waals surface area contributed by atoms with Gasteiger partial charge in [0.15, 0.2) is 5.65 Å². The molecule has 0 spiro atoms. The van der Waals surface area contributed by atoms with Crippen LogP contribution in [0.5, 0.6) is 0 Å². The number of piperazine rings is 1. The number of fused-ring (bicyclic) bond motifs is 1. The van der Waals surface area contributed by atoms with Crippen LogP contribution in [0.4, 0.5) is 17.3 Å². The van der Waals surface area contributed by atoms with E-state index in [-0.39, 0.29) is 12.5 Å².